The Morgan fingerprint density at radius 3 is 2.14 bits per heavy atom. The Bertz CT molecular complexity index is 886. The van der Waals surface area contributed by atoms with E-state index in [1.807, 2.05) is 0 Å². The van der Waals surface area contributed by atoms with Crippen LogP contribution in [0.1, 0.15) is 22.8 Å². The average Bonchev–Trinajstić information content (AvgIpc) is 2.42. The molecule has 1 aliphatic carbocycles. The Morgan fingerprint density at radius 1 is 1.05 bits per heavy atom. The SMILES string of the molecule is O=S(=O)(O)c1ccc2c(c1)C(S(=O)(=O)O)CC(=N\O)/C2=N/O. The van der Waals surface area contributed by atoms with Crippen molar-refractivity contribution in [3.63, 3.8) is 0 Å². The lowest BCUT2D eigenvalue weighted by atomic mass is 9.88. The summed E-state index contributed by atoms with van der Waals surface area (Å²) in [5, 5.41) is 21.9. The Labute approximate surface area is 124 Å². The minimum atomic E-state index is -4.68. The van der Waals surface area contributed by atoms with Crippen LogP contribution in [-0.2, 0) is 20.2 Å². The monoisotopic (exact) mass is 350 g/mol. The van der Waals surface area contributed by atoms with E-state index in [0.717, 1.165) is 18.2 Å². The molecular formula is C10H10N2O8S2. The van der Waals surface area contributed by atoms with Crippen LogP contribution in [0.5, 0.6) is 0 Å². The highest BCUT2D eigenvalue weighted by Gasteiger charge is 2.38. The summed E-state index contributed by atoms with van der Waals surface area (Å²) in [5.41, 5.74) is -0.856. The summed E-state index contributed by atoms with van der Waals surface area (Å²) in [6.45, 7) is 0. The molecule has 12 heteroatoms. The standard InChI is InChI=1S/C10H10N2O8S2/c13-11-8-4-9(22(18,19)20)7-3-5(21(15,16)17)1-2-6(7)10(8)12-14/h1-3,9,13-14H,4H2,(H,15,16,17)(H,18,19,20)/b11-8+,12-10+. The van der Waals surface area contributed by atoms with E-state index >= 15 is 0 Å². The molecular weight excluding hydrogens is 340 g/mol. The molecule has 1 atom stereocenters. The first kappa shape index (κ1) is 16.4. The molecule has 10 nitrogen and oxygen atoms in total. The molecule has 0 aromatic heterocycles. The van der Waals surface area contributed by atoms with Gasteiger partial charge in [0.1, 0.15) is 16.7 Å². The van der Waals surface area contributed by atoms with Gasteiger partial charge in [0.15, 0.2) is 0 Å². The normalized spacial score (nSPS) is 22.7. The van der Waals surface area contributed by atoms with Crippen molar-refractivity contribution >= 4 is 31.7 Å². The molecule has 2 rings (SSSR count). The van der Waals surface area contributed by atoms with Crippen molar-refractivity contribution in [1.29, 1.82) is 0 Å². The lowest BCUT2D eigenvalue weighted by molar-refractivity contribution is 0.312. The van der Waals surface area contributed by atoms with Crippen molar-refractivity contribution in [1.82, 2.24) is 0 Å². The van der Waals surface area contributed by atoms with E-state index < -0.39 is 36.8 Å². The molecule has 0 amide bonds. The van der Waals surface area contributed by atoms with Crippen LogP contribution in [0, 0.1) is 0 Å². The summed E-state index contributed by atoms with van der Waals surface area (Å²) in [7, 11) is -9.29. The van der Waals surface area contributed by atoms with Crippen LogP contribution in [0.4, 0.5) is 0 Å². The third kappa shape index (κ3) is 2.81. The molecule has 1 aliphatic rings. The molecule has 120 valence electrons. The van der Waals surface area contributed by atoms with Crippen molar-refractivity contribution in [2.75, 3.05) is 0 Å². The zero-order valence-corrected chi connectivity index (χ0v) is 12.3. The van der Waals surface area contributed by atoms with Gasteiger partial charge in [-0.2, -0.15) is 16.8 Å². The van der Waals surface area contributed by atoms with Gasteiger partial charge < -0.3 is 10.4 Å². The number of benzene rings is 1. The molecule has 22 heavy (non-hydrogen) atoms. The number of nitrogens with zero attached hydrogens (tertiary/aromatic N) is 2. The van der Waals surface area contributed by atoms with E-state index in [4.69, 9.17) is 15.0 Å². The third-order valence-corrected chi connectivity index (χ3v) is 5.14. The van der Waals surface area contributed by atoms with Crippen molar-refractivity contribution in [2.45, 2.75) is 16.6 Å². The molecule has 1 aromatic carbocycles. The predicted molar refractivity (Wildman–Crippen MR) is 72.7 cm³/mol. The first-order chi connectivity index (χ1) is 10.1. The molecule has 1 aromatic rings. The highest BCUT2D eigenvalue weighted by atomic mass is 32.2. The second kappa shape index (κ2) is 5.31. The second-order valence-electron chi connectivity index (χ2n) is 4.43. The Kier molecular flexibility index (Phi) is 3.95. The average molecular weight is 350 g/mol. The van der Waals surface area contributed by atoms with Crippen LogP contribution < -0.4 is 0 Å². The van der Waals surface area contributed by atoms with Gasteiger partial charge in [-0.3, -0.25) is 9.11 Å². The van der Waals surface area contributed by atoms with Gasteiger partial charge in [-0.05, 0) is 17.7 Å². The van der Waals surface area contributed by atoms with Crippen LogP contribution in [0.25, 0.3) is 0 Å². The molecule has 0 saturated heterocycles. The molecule has 0 radical (unpaired) electrons. The van der Waals surface area contributed by atoms with Crippen LogP contribution in [0.2, 0.25) is 0 Å². The fraction of sp³-hybridized carbons (Fsp3) is 0.200. The maximum absolute atomic E-state index is 11.5. The molecule has 4 N–H and O–H groups in total. The van der Waals surface area contributed by atoms with Gasteiger partial charge in [0.2, 0.25) is 0 Å². The van der Waals surface area contributed by atoms with E-state index in [2.05, 4.69) is 10.3 Å². The Balaban J connectivity index is 2.82. The summed E-state index contributed by atoms with van der Waals surface area (Å²) < 4.78 is 63.5. The van der Waals surface area contributed by atoms with E-state index in [0.29, 0.717) is 0 Å². The van der Waals surface area contributed by atoms with Crippen molar-refractivity contribution in [3.05, 3.63) is 29.3 Å². The van der Waals surface area contributed by atoms with Crippen LogP contribution in [0.3, 0.4) is 0 Å². The van der Waals surface area contributed by atoms with Crippen LogP contribution >= 0.6 is 0 Å². The van der Waals surface area contributed by atoms with Gasteiger partial charge in [-0.15, -0.1) is 0 Å². The molecule has 0 aliphatic heterocycles. The highest BCUT2D eigenvalue weighted by Crippen LogP contribution is 2.35. The smallest absolute Gasteiger partial charge is 0.294 e. The summed E-state index contributed by atoms with van der Waals surface area (Å²) in [5.74, 6) is 0. The molecule has 0 spiro atoms. The van der Waals surface area contributed by atoms with E-state index in [9.17, 15) is 21.4 Å². The second-order valence-corrected chi connectivity index (χ2v) is 7.45. The number of oxime groups is 2. The number of rotatable bonds is 2. The zero-order chi connectivity index (χ0) is 16.7. The lowest BCUT2D eigenvalue weighted by Gasteiger charge is -2.24. The quantitative estimate of drug-likeness (QED) is 0.334. The molecule has 0 fully saturated rings. The number of fused-ring (bicyclic) bond motifs is 1. The van der Waals surface area contributed by atoms with Gasteiger partial charge in [0, 0.05) is 12.0 Å². The minimum Gasteiger partial charge on any atom is -0.411 e. The van der Waals surface area contributed by atoms with Gasteiger partial charge in [0.25, 0.3) is 20.2 Å². The molecule has 1 unspecified atom stereocenters. The molecule has 0 heterocycles. The molecule has 0 saturated carbocycles. The molecule has 0 bridgehead atoms. The van der Waals surface area contributed by atoms with E-state index in [-0.39, 0.29) is 22.6 Å². The van der Waals surface area contributed by atoms with Crippen molar-refractivity contribution in [2.24, 2.45) is 10.3 Å². The lowest BCUT2D eigenvalue weighted by Crippen LogP contribution is -2.30. The van der Waals surface area contributed by atoms with Crippen molar-refractivity contribution < 1.29 is 36.4 Å². The third-order valence-electron chi connectivity index (χ3n) is 3.16. The minimum absolute atomic E-state index is 0.0587. The Hall–Kier alpha value is -2.02. The van der Waals surface area contributed by atoms with Crippen molar-refractivity contribution in [3.8, 4) is 0 Å². The largest absolute Gasteiger partial charge is 0.411 e. The first-order valence-electron chi connectivity index (χ1n) is 5.61. The summed E-state index contributed by atoms with van der Waals surface area (Å²) in [4.78, 5) is -0.596. The fourth-order valence-electron chi connectivity index (χ4n) is 2.19. The highest BCUT2D eigenvalue weighted by molar-refractivity contribution is 7.86. The number of hydrogen-bond donors (Lipinski definition) is 4. The summed E-state index contributed by atoms with van der Waals surface area (Å²) >= 11 is 0. The predicted octanol–water partition coefficient (Wildman–Crippen LogP) is 0.274. The van der Waals surface area contributed by atoms with Gasteiger partial charge in [0.05, 0.1) is 4.90 Å². The number of hydrogen-bond acceptors (Lipinski definition) is 8. The maximum atomic E-state index is 11.5. The summed E-state index contributed by atoms with van der Waals surface area (Å²) in [6.07, 6.45) is -0.545. The first-order valence-corrected chi connectivity index (χ1v) is 8.55. The van der Waals surface area contributed by atoms with Crippen LogP contribution in [-0.4, -0.2) is 47.8 Å². The van der Waals surface area contributed by atoms with E-state index in [1.54, 1.807) is 0 Å². The zero-order valence-electron chi connectivity index (χ0n) is 10.6. The Morgan fingerprint density at radius 2 is 1.68 bits per heavy atom. The van der Waals surface area contributed by atoms with Gasteiger partial charge in [-0.25, -0.2) is 0 Å². The van der Waals surface area contributed by atoms with E-state index in [1.165, 1.54) is 0 Å². The topological polar surface area (TPSA) is 174 Å². The van der Waals surface area contributed by atoms with Gasteiger partial charge >= 0.3 is 0 Å². The fourth-order valence-corrected chi connectivity index (χ4v) is 3.59. The maximum Gasteiger partial charge on any atom is 0.294 e. The van der Waals surface area contributed by atoms with Crippen LogP contribution in [0.15, 0.2) is 33.4 Å². The summed E-state index contributed by atoms with van der Waals surface area (Å²) in [6, 6.07) is 2.85. The van der Waals surface area contributed by atoms with Gasteiger partial charge in [-0.1, -0.05) is 16.4 Å².